The molecule has 0 fully saturated rings. The first-order valence-electron chi connectivity index (χ1n) is 12.5. The third kappa shape index (κ3) is 4.63. The van der Waals surface area contributed by atoms with Crippen LogP contribution < -0.4 is 17.0 Å². The summed E-state index contributed by atoms with van der Waals surface area (Å²) in [6, 6.07) is 11.3. The van der Waals surface area contributed by atoms with Gasteiger partial charge in [0.25, 0.3) is 5.56 Å². The van der Waals surface area contributed by atoms with E-state index >= 15 is 0 Å². The van der Waals surface area contributed by atoms with Crippen molar-refractivity contribution in [3.05, 3.63) is 68.4 Å². The number of amidine groups is 1. The van der Waals surface area contributed by atoms with Crippen LogP contribution in [0.2, 0.25) is 0 Å². The zero-order valence-corrected chi connectivity index (χ0v) is 21.4. The summed E-state index contributed by atoms with van der Waals surface area (Å²) in [5.41, 5.74) is 10.1. The molecule has 2 heterocycles. The molecule has 8 heteroatoms. The highest BCUT2D eigenvalue weighted by Gasteiger charge is 2.21. The van der Waals surface area contributed by atoms with Crippen LogP contribution in [0, 0.1) is 0 Å². The zero-order valence-electron chi connectivity index (χ0n) is 21.4. The predicted octanol–water partition coefficient (Wildman–Crippen LogP) is 3.81. The molecule has 0 unspecified atom stereocenters. The van der Waals surface area contributed by atoms with Crippen LogP contribution in [0.5, 0.6) is 0 Å². The summed E-state index contributed by atoms with van der Waals surface area (Å²) in [6.07, 6.45) is 3.98. The van der Waals surface area contributed by atoms with Crippen molar-refractivity contribution in [1.29, 1.82) is 0 Å². The number of carbonyl (C=O) groups excluding carboxylic acids is 1. The fraction of sp³-hybridized carbons (Fsp3) is 0.357. The number of nitrogens with two attached hydrogens (primary N) is 1. The molecule has 2 aromatic carbocycles. The molecule has 0 bridgehead atoms. The molecule has 4 rings (SSSR count). The normalized spacial score (nSPS) is 13.1. The quantitative estimate of drug-likeness (QED) is 0.547. The summed E-state index contributed by atoms with van der Waals surface area (Å²) in [7, 11) is 1.67. The van der Waals surface area contributed by atoms with Crippen molar-refractivity contribution in [3.8, 4) is 11.1 Å². The molecule has 0 radical (unpaired) electrons. The molecule has 0 atom stereocenters. The fourth-order valence-corrected chi connectivity index (χ4v) is 4.73. The number of rotatable bonds is 7. The predicted molar refractivity (Wildman–Crippen MR) is 146 cm³/mol. The van der Waals surface area contributed by atoms with Crippen LogP contribution in [0.1, 0.15) is 45.6 Å². The van der Waals surface area contributed by atoms with E-state index in [1.807, 2.05) is 41.3 Å². The highest BCUT2D eigenvalue weighted by Crippen LogP contribution is 2.32. The lowest BCUT2D eigenvalue weighted by atomic mass is 10.00. The van der Waals surface area contributed by atoms with Gasteiger partial charge in [-0.25, -0.2) is 9.79 Å². The number of aryl methyl sites for hydroxylation is 1. The Balaban J connectivity index is 1.77. The minimum absolute atomic E-state index is 0.00181. The first kappa shape index (κ1) is 25.2. The molecule has 3 aromatic rings. The van der Waals surface area contributed by atoms with E-state index in [1.54, 1.807) is 20.0 Å². The highest BCUT2D eigenvalue weighted by atomic mass is 16.2. The molecule has 0 spiro atoms. The Labute approximate surface area is 210 Å². The van der Waals surface area contributed by atoms with Crippen LogP contribution in [0.15, 0.2) is 56.6 Å². The minimum Gasteiger partial charge on any atom is -0.387 e. The van der Waals surface area contributed by atoms with Crippen LogP contribution in [-0.2, 0) is 18.4 Å². The van der Waals surface area contributed by atoms with Gasteiger partial charge >= 0.3 is 5.69 Å². The summed E-state index contributed by atoms with van der Waals surface area (Å²) >= 11 is 0. The van der Waals surface area contributed by atoms with Crippen LogP contribution in [0.25, 0.3) is 28.1 Å². The Hall–Kier alpha value is -3.94. The van der Waals surface area contributed by atoms with Gasteiger partial charge in [-0.15, -0.1) is 0 Å². The van der Waals surface area contributed by atoms with Gasteiger partial charge in [-0.3, -0.25) is 18.7 Å². The van der Waals surface area contributed by atoms with E-state index in [1.165, 1.54) is 9.13 Å². The lowest BCUT2D eigenvalue weighted by Gasteiger charge is -2.22. The van der Waals surface area contributed by atoms with Crippen molar-refractivity contribution >= 4 is 34.4 Å². The van der Waals surface area contributed by atoms with Crippen LogP contribution in [-0.4, -0.2) is 38.9 Å². The van der Waals surface area contributed by atoms with Gasteiger partial charge in [0.2, 0.25) is 5.91 Å². The Morgan fingerprint density at radius 3 is 2.36 bits per heavy atom. The van der Waals surface area contributed by atoms with Crippen LogP contribution in [0.4, 0.5) is 5.69 Å². The molecule has 188 valence electrons. The number of aliphatic imine (C=N–C) groups is 1. The maximum atomic E-state index is 13.2. The molecule has 1 aliphatic rings. The molecule has 0 aliphatic carbocycles. The average molecular weight is 488 g/mol. The van der Waals surface area contributed by atoms with E-state index < -0.39 is 0 Å². The van der Waals surface area contributed by atoms with Gasteiger partial charge in [0.1, 0.15) is 5.84 Å². The van der Waals surface area contributed by atoms with Crippen molar-refractivity contribution in [3.63, 3.8) is 0 Å². The number of benzene rings is 2. The molecule has 2 N–H and O–H groups in total. The second kappa shape index (κ2) is 10.4. The maximum Gasteiger partial charge on any atom is 0.331 e. The van der Waals surface area contributed by atoms with Crippen molar-refractivity contribution in [2.45, 2.75) is 46.6 Å². The van der Waals surface area contributed by atoms with Crippen molar-refractivity contribution < 1.29 is 4.79 Å². The number of amides is 1. The number of carbonyl (C=O) groups is 1. The lowest BCUT2D eigenvalue weighted by Crippen LogP contribution is -2.38. The molecule has 1 amide bonds. The van der Waals surface area contributed by atoms with Gasteiger partial charge in [0.15, 0.2) is 0 Å². The molecule has 36 heavy (non-hydrogen) atoms. The summed E-state index contributed by atoms with van der Waals surface area (Å²) in [5.74, 6) is 0.390. The summed E-state index contributed by atoms with van der Waals surface area (Å²) in [6.45, 7) is 7.65. The van der Waals surface area contributed by atoms with Crippen molar-refractivity contribution in [2.24, 2.45) is 17.8 Å². The van der Waals surface area contributed by atoms with E-state index in [4.69, 9.17) is 5.73 Å². The molecule has 0 saturated carbocycles. The number of nitrogens with zero attached hydrogens (tertiary/aromatic N) is 4. The Kier molecular flexibility index (Phi) is 7.24. The summed E-state index contributed by atoms with van der Waals surface area (Å²) < 4.78 is 2.73. The van der Waals surface area contributed by atoms with E-state index in [9.17, 15) is 14.4 Å². The van der Waals surface area contributed by atoms with Crippen molar-refractivity contribution in [2.75, 3.05) is 13.1 Å². The van der Waals surface area contributed by atoms with Crippen molar-refractivity contribution in [1.82, 2.24) is 14.0 Å². The third-order valence-electron chi connectivity index (χ3n) is 6.55. The molecular weight excluding hydrogens is 454 g/mol. The van der Waals surface area contributed by atoms with Gasteiger partial charge in [-0.2, -0.15) is 0 Å². The van der Waals surface area contributed by atoms with E-state index in [-0.39, 0.29) is 17.2 Å². The van der Waals surface area contributed by atoms with Crippen LogP contribution >= 0.6 is 0 Å². The van der Waals surface area contributed by atoms with E-state index in [0.717, 1.165) is 29.5 Å². The number of aromatic nitrogens is 2. The number of hydrogen-bond donors (Lipinski definition) is 1. The second-order valence-corrected chi connectivity index (χ2v) is 9.14. The molecule has 1 aliphatic heterocycles. The van der Waals surface area contributed by atoms with Gasteiger partial charge in [-0.1, -0.05) is 32.0 Å². The second-order valence-electron chi connectivity index (χ2n) is 9.14. The minimum atomic E-state index is -0.339. The van der Waals surface area contributed by atoms with Gasteiger partial charge in [0.05, 0.1) is 16.6 Å². The highest BCUT2D eigenvalue weighted by molar-refractivity contribution is 6.05. The van der Waals surface area contributed by atoms with Gasteiger partial charge < -0.3 is 10.6 Å². The first-order valence-corrected chi connectivity index (χ1v) is 12.5. The summed E-state index contributed by atoms with van der Waals surface area (Å²) in [5, 5.41) is 0.495. The monoisotopic (exact) mass is 487 g/mol. The Morgan fingerprint density at radius 1 is 1.03 bits per heavy atom. The number of fused-ring (bicyclic) bond motifs is 2. The molecule has 0 saturated heterocycles. The SMILES string of the molecule is CCCN(CCC)C(=O)C1=Cc2ccc(-c3ccc4c(=O)n(CC)c(=O)n(C)c4c3)cc2N=C(N)C1. The Morgan fingerprint density at radius 2 is 1.69 bits per heavy atom. The standard InChI is InChI=1S/C28H33N5O3/c1-5-12-32(13-6-2)26(34)21-14-20-9-8-18(15-23(20)30-25(29)17-21)19-10-11-22-24(16-19)31(4)28(36)33(7-3)27(22)35/h8-11,14-16H,5-7,12-13,17H2,1-4H3,(H2,29,30). The van der Waals surface area contributed by atoms with E-state index in [2.05, 4.69) is 18.8 Å². The van der Waals surface area contributed by atoms with E-state index in [0.29, 0.717) is 54.1 Å². The third-order valence-corrected chi connectivity index (χ3v) is 6.55. The summed E-state index contributed by atoms with van der Waals surface area (Å²) in [4.78, 5) is 45.1. The molecule has 1 aromatic heterocycles. The topological polar surface area (TPSA) is 103 Å². The van der Waals surface area contributed by atoms with Gasteiger partial charge in [-0.05, 0) is 55.2 Å². The Bertz CT molecular complexity index is 1500. The maximum absolute atomic E-state index is 13.2. The number of hydrogen-bond acceptors (Lipinski definition) is 5. The largest absolute Gasteiger partial charge is 0.387 e. The average Bonchev–Trinajstić information content (AvgIpc) is 3.04. The molecule has 8 nitrogen and oxygen atoms in total. The van der Waals surface area contributed by atoms with Crippen LogP contribution in [0.3, 0.4) is 0 Å². The molecular formula is C28H33N5O3. The lowest BCUT2D eigenvalue weighted by molar-refractivity contribution is -0.127. The van der Waals surface area contributed by atoms with Gasteiger partial charge in [0, 0.05) is 44.2 Å². The smallest absolute Gasteiger partial charge is 0.331 e. The zero-order chi connectivity index (χ0) is 26.0. The fourth-order valence-electron chi connectivity index (χ4n) is 4.73. The first-order chi connectivity index (χ1) is 17.3.